The summed E-state index contributed by atoms with van der Waals surface area (Å²) < 4.78 is 7.38. The Labute approximate surface area is 155 Å². The zero-order chi connectivity index (χ0) is 19.5. The highest BCUT2D eigenvalue weighted by Crippen LogP contribution is 2.44. The number of hydrogen-bond acceptors (Lipinski definition) is 2. The highest BCUT2D eigenvalue weighted by molar-refractivity contribution is 6.82. The van der Waals surface area contributed by atoms with Gasteiger partial charge >= 0.3 is 5.97 Å². The minimum atomic E-state index is -1.76. The fourth-order valence-corrected chi connectivity index (χ4v) is 11.9. The standard InChI is InChI=1S/C21H37NO2Si/c1-14(2)25(15(3)4,16(5)6)22-13-18(8)21(19(22)9)17(7)11-12-20(23)24-10/h11-17H,1-10H3/b12-11-. The number of methoxy groups -OCH3 is 1. The minimum absolute atomic E-state index is 0.193. The first-order valence-electron chi connectivity index (χ1n) is 9.46. The monoisotopic (exact) mass is 363 g/mol. The molecule has 0 aliphatic carbocycles. The summed E-state index contributed by atoms with van der Waals surface area (Å²) in [6.45, 7) is 20.9. The van der Waals surface area contributed by atoms with Crippen LogP contribution in [0.5, 0.6) is 0 Å². The van der Waals surface area contributed by atoms with Crippen LogP contribution < -0.4 is 0 Å². The van der Waals surface area contributed by atoms with Crippen LogP contribution in [-0.4, -0.2) is 25.5 Å². The second kappa shape index (κ2) is 8.39. The summed E-state index contributed by atoms with van der Waals surface area (Å²) in [6, 6.07) is 0. The predicted molar refractivity (Wildman–Crippen MR) is 110 cm³/mol. The summed E-state index contributed by atoms with van der Waals surface area (Å²) in [7, 11) is -0.341. The van der Waals surface area contributed by atoms with E-state index in [-0.39, 0.29) is 11.9 Å². The van der Waals surface area contributed by atoms with Crippen LogP contribution in [-0.2, 0) is 9.53 Å². The molecule has 0 aliphatic rings. The van der Waals surface area contributed by atoms with Gasteiger partial charge in [-0.15, -0.1) is 0 Å². The van der Waals surface area contributed by atoms with Crippen molar-refractivity contribution in [2.24, 2.45) is 0 Å². The van der Waals surface area contributed by atoms with Crippen LogP contribution in [0.4, 0.5) is 0 Å². The lowest BCUT2D eigenvalue weighted by Gasteiger charge is -2.45. The van der Waals surface area contributed by atoms with Crippen molar-refractivity contribution < 1.29 is 9.53 Å². The van der Waals surface area contributed by atoms with Gasteiger partial charge in [0.05, 0.1) is 7.11 Å². The molecule has 1 atom stereocenters. The van der Waals surface area contributed by atoms with Crippen LogP contribution in [0.1, 0.15) is 71.2 Å². The fraction of sp³-hybridized carbons (Fsp3) is 0.667. The molecule has 0 saturated carbocycles. The van der Waals surface area contributed by atoms with Crippen molar-refractivity contribution in [1.29, 1.82) is 0 Å². The van der Waals surface area contributed by atoms with Crippen molar-refractivity contribution in [2.75, 3.05) is 7.11 Å². The Morgan fingerprint density at radius 3 is 1.92 bits per heavy atom. The average molecular weight is 364 g/mol. The first kappa shape index (κ1) is 21.7. The number of esters is 1. The second-order valence-corrected chi connectivity index (χ2v) is 13.9. The average Bonchev–Trinajstić information content (AvgIpc) is 2.79. The third-order valence-corrected chi connectivity index (χ3v) is 12.7. The Hall–Kier alpha value is -1.29. The molecule has 0 amide bonds. The number of rotatable bonds is 7. The van der Waals surface area contributed by atoms with E-state index in [1.54, 1.807) is 6.08 Å². The zero-order valence-electron chi connectivity index (χ0n) is 17.8. The number of aryl methyl sites for hydroxylation is 1. The van der Waals surface area contributed by atoms with Gasteiger partial charge in [0.15, 0.2) is 8.24 Å². The molecular formula is C21H37NO2Si. The lowest BCUT2D eigenvalue weighted by Crippen LogP contribution is -2.52. The highest BCUT2D eigenvalue weighted by Gasteiger charge is 2.46. The van der Waals surface area contributed by atoms with E-state index in [1.807, 2.05) is 6.08 Å². The minimum Gasteiger partial charge on any atom is -0.466 e. The largest absolute Gasteiger partial charge is 0.466 e. The van der Waals surface area contributed by atoms with Crippen LogP contribution in [0.2, 0.25) is 16.6 Å². The van der Waals surface area contributed by atoms with E-state index in [1.165, 1.54) is 23.9 Å². The molecule has 25 heavy (non-hydrogen) atoms. The molecule has 3 nitrogen and oxygen atoms in total. The molecule has 0 spiro atoms. The van der Waals surface area contributed by atoms with E-state index in [0.717, 1.165) is 0 Å². The molecule has 142 valence electrons. The molecular weight excluding hydrogens is 326 g/mol. The van der Waals surface area contributed by atoms with Crippen LogP contribution in [0.3, 0.4) is 0 Å². The number of carbonyl (C=O) groups is 1. The first-order chi connectivity index (χ1) is 11.5. The Kier molecular flexibility index (Phi) is 7.30. The molecule has 1 rings (SSSR count). The molecule has 0 bridgehead atoms. The van der Waals surface area contributed by atoms with Crippen LogP contribution in [0.25, 0.3) is 0 Å². The van der Waals surface area contributed by atoms with Gasteiger partial charge in [0.2, 0.25) is 0 Å². The molecule has 1 aromatic heterocycles. The summed E-state index contributed by atoms with van der Waals surface area (Å²) in [5.74, 6) is -0.101. The van der Waals surface area contributed by atoms with E-state index in [4.69, 9.17) is 4.74 Å². The van der Waals surface area contributed by atoms with Gasteiger partial charge in [-0.2, -0.15) is 0 Å². The molecule has 1 unspecified atom stereocenters. The molecule has 0 N–H and O–H groups in total. The maximum atomic E-state index is 11.4. The van der Waals surface area contributed by atoms with Crippen LogP contribution >= 0.6 is 0 Å². The molecule has 0 aliphatic heterocycles. The van der Waals surface area contributed by atoms with Gasteiger partial charge in [0.1, 0.15) is 0 Å². The van der Waals surface area contributed by atoms with Crippen molar-refractivity contribution in [2.45, 2.75) is 84.9 Å². The van der Waals surface area contributed by atoms with Crippen LogP contribution in [0.15, 0.2) is 18.3 Å². The van der Waals surface area contributed by atoms with Crippen molar-refractivity contribution in [3.8, 4) is 0 Å². The lowest BCUT2D eigenvalue weighted by molar-refractivity contribution is -0.134. The maximum absolute atomic E-state index is 11.4. The number of carbonyl (C=O) groups excluding carboxylic acids is 1. The number of allylic oxidation sites excluding steroid dienone is 1. The smallest absolute Gasteiger partial charge is 0.330 e. The lowest BCUT2D eigenvalue weighted by atomic mass is 9.98. The van der Waals surface area contributed by atoms with E-state index < -0.39 is 8.24 Å². The number of nitrogens with zero attached hydrogens (tertiary/aromatic N) is 1. The maximum Gasteiger partial charge on any atom is 0.330 e. The number of hydrogen-bond donors (Lipinski definition) is 0. The molecule has 0 saturated heterocycles. The summed E-state index contributed by atoms with van der Waals surface area (Å²) >= 11 is 0. The normalized spacial score (nSPS) is 14.1. The van der Waals surface area contributed by atoms with Gasteiger partial charge in [-0.3, -0.25) is 0 Å². The van der Waals surface area contributed by atoms with Crippen molar-refractivity contribution >= 4 is 14.2 Å². The summed E-state index contributed by atoms with van der Waals surface area (Å²) in [5.41, 5.74) is 6.00. The Morgan fingerprint density at radius 2 is 1.52 bits per heavy atom. The van der Waals surface area contributed by atoms with Crippen molar-refractivity contribution in [3.05, 3.63) is 35.2 Å². The summed E-state index contributed by atoms with van der Waals surface area (Å²) in [4.78, 5) is 11.4. The van der Waals surface area contributed by atoms with Crippen molar-refractivity contribution in [1.82, 2.24) is 4.23 Å². The van der Waals surface area contributed by atoms with E-state index in [0.29, 0.717) is 16.6 Å². The van der Waals surface area contributed by atoms with E-state index >= 15 is 0 Å². The fourth-order valence-electron chi connectivity index (χ4n) is 5.09. The number of ether oxygens (including phenoxy) is 1. The first-order valence-corrected chi connectivity index (χ1v) is 11.6. The van der Waals surface area contributed by atoms with Gasteiger partial charge in [-0.05, 0) is 47.8 Å². The van der Waals surface area contributed by atoms with Gasteiger partial charge in [-0.1, -0.05) is 54.5 Å². The topological polar surface area (TPSA) is 31.2 Å². The third-order valence-electron chi connectivity index (χ3n) is 5.87. The third kappa shape index (κ3) is 3.94. The van der Waals surface area contributed by atoms with Gasteiger partial charge in [0.25, 0.3) is 0 Å². The number of aromatic nitrogens is 1. The van der Waals surface area contributed by atoms with Gasteiger partial charge in [0, 0.05) is 17.7 Å². The molecule has 0 aromatic carbocycles. The highest BCUT2D eigenvalue weighted by atomic mass is 28.3. The quantitative estimate of drug-likeness (QED) is 0.340. The SMILES string of the molecule is COC(=O)/C=C\C(C)c1c(C)cn([Si](C(C)C)(C(C)C)C(C)C)c1C. The molecule has 0 fully saturated rings. The predicted octanol–water partition coefficient (Wildman–Crippen LogP) is 5.96. The molecule has 1 heterocycles. The van der Waals surface area contributed by atoms with Crippen molar-refractivity contribution in [3.63, 3.8) is 0 Å². The molecule has 4 heteroatoms. The van der Waals surface area contributed by atoms with Gasteiger partial charge in [-0.25, -0.2) is 4.79 Å². The zero-order valence-corrected chi connectivity index (χ0v) is 18.8. The van der Waals surface area contributed by atoms with Crippen LogP contribution in [0, 0.1) is 13.8 Å². The van der Waals surface area contributed by atoms with E-state index in [9.17, 15) is 4.79 Å². The Bertz CT molecular complexity index is 604. The molecule has 1 aromatic rings. The molecule has 0 radical (unpaired) electrons. The van der Waals surface area contributed by atoms with Gasteiger partial charge < -0.3 is 8.97 Å². The second-order valence-electron chi connectivity index (χ2n) is 8.20. The summed E-state index contributed by atoms with van der Waals surface area (Å²) in [5, 5.41) is 0. The van der Waals surface area contributed by atoms with E-state index in [2.05, 4.69) is 72.7 Å². The summed E-state index contributed by atoms with van der Waals surface area (Å²) in [6.07, 6.45) is 5.87. The Morgan fingerprint density at radius 1 is 1.04 bits per heavy atom. The Balaban J connectivity index is 3.50.